The largest absolute Gasteiger partial charge is 0.306 e. The Morgan fingerprint density at radius 3 is 2.71 bits per heavy atom. The Morgan fingerprint density at radius 1 is 1.08 bits per heavy atom. The first-order valence-corrected chi connectivity index (χ1v) is 7.98. The van der Waals surface area contributed by atoms with Crippen LogP contribution >= 0.6 is 23.9 Å². The van der Waals surface area contributed by atoms with Crippen LogP contribution in [0.25, 0.3) is 28.0 Å². The summed E-state index contributed by atoms with van der Waals surface area (Å²) in [6, 6.07) is 8.04. The number of fused-ring (bicyclic) bond motifs is 1. The molecule has 1 aromatic carbocycles. The van der Waals surface area contributed by atoms with Crippen molar-refractivity contribution in [1.82, 2.24) is 18.6 Å². The van der Waals surface area contributed by atoms with Crippen molar-refractivity contribution in [2.24, 2.45) is 0 Å². The molecule has 0 amide bonds. The summed E-state index contributed by atoms with van der Waals surface area (Å²) in [5.41, 5.74) is 3.46. The molecule has 4 aromatic rings. The number of nitrogens with zero attached hydrogens (tertiary/aromatic N) is 4. The average molecular weight is 363 g/mol. The first-order valence-electron chi connectivity index (χ1n) is 6.93. The molecule has 0 atom stereocenters. The van der Waals surface area contributed by atoms with Crippen LogP contribution in [0, 0.1) is 5.82 Å². The van der Waals surface area contributed by atoms with E-state index < -0.39 is 5.82 Å². The van der Waals surface area contributed by atoms with Crippen LogP contribution in [0.1, 0.15) is 0 Å². The van der Waals surface area contributed by atoms with E-state index in [0.29, 0.717) is 16.8 Å². The molecule has 4 nitrogen and oxygen atoms in total. The fraction of sp³-hybridized carbons (Fsp3) is 0. The van der Waals surface area contributed by atoms with Crippen LogP contribution in [0.15, 0.2) is 55.1 Å². The van der Waals surface area contributed by atoms with Gasteiger partial charge in [-0.25, -0.2) is 9.37 Å². The quantitative estimate of drug-likeness (QED) is 0.512. The predicted molar refractivity (Wildman–Crippen MR) is 90.9 cm³/mol. The van der Waals surface area contributed by atoms with E-state index in [2.05, 4.69) is 10.1 Å². The summed E-state index contributed by atoms with van der Waals surface area (Å²) in [5.74, 6) is -0.513. The van der Waals surface area contributed by atoms with E-state index in [1.165, 1.54) is 12.1 Å². The van der Waals surface area contributed by atoms with Crippen molar-refractivity contribution in [3.8, 4) is 22.4 Å². The van der Waals surface area contributed by atoms with Crippen molar-refractivity contribution >= 4 is 29.6 Å². The summed E-state index contributed by atoms with van der Waals surface area (Å²) in [6.07, 6.45) is 6.97. The van der Waals surface area contributed by atoms with Crippen molar-refractivity contribution in [1.29, 1.82) is 0 Å². The summed E-state index contributed by atoms with van der Waals surface area (Å²) < 4.78 is 29.4. The van der Waals surface area contributed by atoms with Gasteiger partial charge in [0.2, 0.25) is 0 Å². The van der Waals surface area contributed by atoms with Crippen LogP contribution in [-0.4, -0.2) is 18.6 Å². The monoisotopic (exact) mass is 362 g/mol. The van der Waals surface area contributed by atoms with Gasteiger partial charge in [-0.1, -0.05) is 11.6 Å². The minimum atomic E-state index is -0.513. The molecule has 4 rings (SSSR count). The first-order chi connectivity index (χ1) is 11.7. The summed E-state index contributed by atoms with van der Waals surface area (Å²) in [6.45, 7) is 0. The third kappa shape index (κ3) is 2.55. The molecule has 0 spiro atoms. The Kier molecular flexibility index (Phi) is 3.74. The fourth-order valence-corrected chi connectivity index (χ4v) is 2.97. The van der Waals surface area contributed by atoms with E-state index >= 15 is 0 Å². The Hall–Kier alpha value is -2.38. The molecule has 8 heteroatoms. The Bertz CT molecular complexity index is 1040. The minimum Gasteiger partial charge on any atom is -0.306 e. The van der Waals surface area contributed by atoms with Crippen LogP contribution in [0.5, 0.6) is 0 Å². The molecule has 0 N–H and O–H groups in total. The standard InChI is InChI=1S/C16H9ClF2N4S/c17-13-7-10(1-3-14(13)18)16-12(9-23(21-16)24-19)11-2-4-15-20-5-6-22(15)8-11/h1-9H. The lowest BCUT2D eigenvalue weighted by Gasteiger charge is -2.05. The number of hydrogen-bond acceptors (Lipinski definition) is 3. The van der Waals surface area contributed by atoms with Gasteiger partial charge in [-0.2, -0.15) is 9.19 Å². The van der Waals surface area contributed by atoms with E-state index in [-0.39, 0.29) is 17.4 Å². The first kappa shape index (κ1) is 15.2. The predicted octanol–water partition coefficient (Wildman–Crippen LogP) is 5.04. The fourth-order valence-electron chi connectivity index (χ4n) is 2.54. The number of aromatic nitrogens is 4. The number of rotatable bonds is 3. The zero-order valence-electron chi connectivity index (χ0n) is 12.0. The summed E-state index contributed by atoms with van der Waals surface area (Å²) >= 11 is 5.85. The molecule has 3 heterocycles. The number of pyridine rings is 1. The van der Waals surface area contributed by atoms with Gasteiger partial charge >= 0.3 is 0 Å². The lowest BCUT2D eigenvalue weighted by Crippen LogP contribution is -1.88. The maximum absolute atomic E-state index is 13.4. The van der Waals surface area contributed by atoms with Gasteiger partial charge < -0.3 is 4.40 Å². The summed E-state index contributed by atoms with van der Waals surface area (Å²) in [7, 11) is 0. The van der Waals surface area contributed by atoms with Crippen LogP contribution in [0.3, 0.4) is 0 Å². The van der Waals surface area contributed by atoms with Gasteiger partial charge in [0.05, 0.1) is 5.02 Å². The van der Waals surface area contributed by atoms with E-state index in [1.807, 2.05) is 28.9 Å². The molecule has 120 valence electrons. The second kappa shape index (κ2) is 5.92. The molecular formula is C16H9ClF2N4S. The maximum atomic E-state index is 13.4. The SMILES string of the molecule is FSn1cc(-c2ccc3nccn3c2)c(-c2ccc(F)c(Cl)c2)n1. The molecule has 0 aliphatic heterocycles. The molecule has 0 saturated carbocycles. The second-order valence-electron chi connectivity index (χ2n) is 5.10. The molecule has 0 saturated heterocycles. The maximum Gasteiger partial charge on any atom is 0.187 e. The van der Waals surface area contributed by atoms with Gasteiger partial charge in [-0.05, 0) is 30.3 Å². The Labute approximate surface area is 145 Å². The molecule has 0 aliphatic carbocycles. The van der Waals surface area contributed by atoms with Crippen LogP contribution in [-0.2, 0) is 0 Å². The van der Waals surface area contributed by atoms with Crippen molar-refractivity contribution in [2.75, 3.05) is 0 Å². The van der Waals surface area contributed by atoms with Gasteiger partial charge in [-0.15, -0.1) is 3.89 Å². The van der Waals surface area contributed by atoms with E-state index in [1.54, 1.807) is 18.5 Å². The average Bonchev–Trinajstić information content (AvgIpc) is 3.22. The van der Waals surface area contributed by atoms with Gasteiger partial charge in [0.25, 0.3) is 0 Å². The smallest absolute Gasteiger partial charge is 0.187 e. The third-order valence-electron chi connectivity index (χ3n) is 3.66. The molecule has 3 aromatic heterocycles. The molecular weight excluding hydrogens is 354 g/mol. The molecule has 0 unspecified atom stereocenters. The van der Waals surface area contributed by atoms with E-state index in [4.69, 9.17) is 11.6 Å². The lowest BCUT2D eigenvalue weighted by atomic mass is 10.0. The number of imidazole rings is 1. The van der Waals surface area contributed by atoms with Gasteiger partial charge in [0.15, 0.2) is 12.3 Å². The van der Waals surface area contributed by atoms with Crippen molar-refractivity contribution in [3.05, 3.63) is 66.0 Å². The zero-order valence-corrected chi connectivity index (χ0v) is 13.6. The van der Waals surface area contributed by atoms with Crippen LogP contribution in [0.2, 0.25) is 5.02 Å². The highest BCUT2D eigenvalue weighted by Gasteiger charge is 2.16. The molecule has 24 heavy (non-hydrogen) atoms. The summed E-state index contributed by atoms with van der Waals surface area (Å²) in [5, 5.41) is 4.20. The van der Waals surface area contributed by atoms with Gasteiger partial charge in [0, 0.05) is 41.5 Å². The number of halogens is 3. The summed E-state index contributed by atoms with van der Waals surface area (Å²) in [4.78, 5) is 4.20. The highest BCUT2D eigenvalue weighted by Crippen LogP contribution is 2.34. The van der Waals surface area contributed by atoms with E-state index in [9.17, 15) is 8.28 Å². The second-order valence-corrected chi connectivity index (χ2v) is 6.02. The van der Waals surface area contributed by atoms with E-state index in [0.717, 1.165) is 15.3 Å². The van der Waals surface area contributed by atoms with Gasteiger partial charge in [-0.3, -0.25) is 0 Å². The molecule has 0 bridgehead atoms. The highest BCUT2D eigenvalue weighted by molar-refractivity contribution is 7.92. The minimum absolute atomic E-state index is 0.00837. The molecule has 0 radical (unpaired) electrons. The Morgan fingerprint density at radius 2 is 1.92 bits per heavy atom. The topological polar surface area (TPSA) is 35.1 Å². The highest BCUT2D eigenvalue weighted by atomic mass is 35.5. The van der Waals surface area contributed by atoms with Crippen molar-refractivity contribution in [2.45, 2.75) is 0 Å². The van der Waals surface area contributed by atoms with Crippen LogP contribution in [0.4, 0.5) is 8.28 Å². The van der Waals surface area contributed by atoms with Gasteiger partial charge in [0.1, 0.15) is 17.2 Å². The molecule has 0 fully saturated rings. The zero-order chi connectivity index (χ0) is 16.7. The van der Waals surface area contributed by atoms with Crippen LogP contribution < -0.4 is 0 Å². The normalized spacial score (nSPS) is 11.3. The number of benzene rings is 1. The number of hydrogen-bond donors (Lipinski definition) is 0. The van der Waals surface area contributed by atoms with Crippen molar-refractivity contribution in [3.63, 3.8) is 0 Å². The lowest BCUT2D eigenvalue weighted by molar-refractivity contribution is 0.628. The molecule has 0 aliphatic rings. The third-order valence-corrected chi connectivity index (χ3v) is 4.27. The van der Waals surface area contributed by atoms with Crippen molar-refractivity contribution < 1.29 is 8.28 Å². The Balaban J connectivity index is 1.91.